The van der Waals surface area contributed by atoms with E-state index in [1.807, 2.05) is 0 Å². The summed E-state index contributed by atoms with van der Waals surface area (Å²) in [5, 5.41) is 8.96. The summed E-state index contributed by atoms with van der Waals surface area (Å²) in [6, 6.07) is 4.78. The number of carboxylic acids is 1. The third-order valence-corrected chi connectivity index (χ3v) is 3.16. The second-order valence-electron chi connectivity index (χ2n) is 6.67. The van der Waals surface area contributed by atoms with Crippen LogP contribution in [0.5, 0.6) is 0 Å². The molecule has 1 unspecified atom stereocenters. The third kappa shape index (κ3) is 3.59. The Balaban J connectivity index is 2.17. The number of aromatic carboxylic acids is 1. The lowest BCUT2D eigenvalue weighted by Crippen LogP contribution is -2.12. The monoisotopic (exact) mass is 275 g/mol. The summed E-state index contributed by atoms with van der Waals surface area (Å²) in [7, 11) is 0. The fraction of sp³-hybridized carbons (Fsp3) is 0.500. The van der Waals surface area contributed by atoms with E-state index in [4.69, 9.17) is 9.52 Å². The molecule has 0 spiro atoms. The largest absolute Gasteiger partial charge is 0.478 e. The van der Waals surface area contributed by atoms with Crippen molar-refractivity contribution in [2.45, 2.75) is 40.5 Å². The van der Waals surface area contributed by atoms with Gasteiger partial charge in [0.05, 0.1) is 5.56 Å². The molecule has 4 nitrogen and oxygen atoms in total. The van der Waals surface area contributed by atoms with Crippen LogP contribution in [-0.2, 0) is 6.42 Å². The normalized spacial score (nSPS) is 13.6. The van der Waals surface area contributed by atoms with E-state index >= 15 is 0 Å². The summed E-state index contributed by atoms with van der Waals surface area (Å²) in [5.41, 5.74) is 1.76. The molecule has 108 valence electrons. The minimum atomic E-state index is -0.953. The molecule has 0 saturated heterocycles. The second kappa shape index (κ2) is 5.27. The van der Waals surface area contributed by atoms with Gasteiger partial charge in [0.1, 0.15) is 5.52 Å². The fourth-order valence-corrected chi connectivity index (χ4v) is 2.61. The summed E-state index contributed by atoms with van der Waals surface area (Å²) in [4.78, 5) is 15.3. The molecule has 20 heavy (non-hydrogen) atoms. The van der Waals surface area contributed by atoms with Gasteiger partial charge in [-0.05, 0) is 36.0 Å². The standard InChI is InChI=1S/C16H21NO3/c1-10(9-16(2,3)4)7-14-17-12-6-5-11(15(18)19)8-13(12)20-14/h5-6,8,10H,7,9H2,1-4H3,(H,18,19). The van der Waals surface area contributed by atoms with Crippen LogP contribution in [0.25, 0.3) is 11.1 Å². The van der Waals surface area contributed by atoms with Crippen molar-refractivity contribution in [3.63, 3.8) is 0 Å². The van der Waals surface area contributed by atoms with Crippen molar-refractivity contribution < 1.29 is 14.3 Å². The molecule has 1 atom stereocenters. The Morgan fingerprint density at radius 3 is 2.70 bits per heavy atom. The number of nitrogens with zero attached hydrogens (tertiary/aromatic N) is 1. The highest BCUT2D eigenvalue weighted by Gasteiger charge is 2.18. The molecule has 0 fully saturated rings. The van der Waals surface area contributed by atoms with Crippen LogP contribution in [0.3, 0.4) is 0 Å². The molecule has 0 aliphatic carbocycles. The van der Waals surface area contributed by atoms with Crippen molar-refractivity contribution in [1.82, 2.24) is 4.98 Å². The van der Waals surface area contributed by atoms with Crippen LogP contribution in [0, 0.1) is 11.3 Å². The lowest BCUT2D eigenvalue weighted by Gasteiger charge is -2.22. The zero-order valence-corrected chi connectivity index (χ0v) is 12.4. The van der Waals surface area contributed by atoms with E-state index in [-0.39, 0.29) is 11.0 Å². The van der Waals surface area contributed by atoms with Crippen molar-refractivity contribution in [2.24, 2.45) is 11.3 Å². The Bertz CT molecular complexity index is 622. The number of aromatic nitrogens is 1. The van der Waals surface area contributed by atoms with Crippen molar-refractivity contribution in [3.8, 4) is 0 Å². The van der Waals surface area contributed by atoms with Crippen LogP contribution >= 0.6 is 0 Å². The number of rotatable bonds is 4. The summed E-state index contributed by atoms with van der Waals surface area (Å²) in [6.45, 7) is 8.83. The third-order valence-electron chi connectivity index (χ3n) is 3.16. The predicted octanol–water partition coefficient (Wildman–Crippen LogP) is 4.14. The molecule has 1 N–H and O–H groups in total. The van der Waals surface area contributed by atoms with Gasteiger partial charge < -0.3 is 9.52 Å². The van der Waals surface area contributed by atoms with Gasteiger partial charge in [0, 0.05) is 6.42 Å². The van der Waals surface area contributed by atoms with Crippen molar-refractivity contribution in [3.05, 3.63) is 29.7 Å². The van der Waals surface area contributed by atoms with E-state index in [1.54, 1.807) is 12.1 Å². The molecule has 1 heterocycles. The number of hydrogen-bond donors (Lipinski definition) is 1. The van der Waals surface area contributed by atoms with Crippen molar-refractivity contribution in [2.75, 3.05) is 0 Å². The van der Waals surface area contributed by atoms with E-state index in [2.05, 4.69) is 32.7 Å². The fourth-order valence-electron chi connectivity index (χ4n) is 2.61. The second-order valence-corrected chi connectivity index (χ2v) is 6.67. The number of fused-ring (bicyclic) bond motifs is 1. The van der Waals surface area contributed by atoms with Gasteiger partial charge in [-0.3, -0.25) is 0 Å². The van der Waals surface area contributed by atoms with Gasteiger partial charge >= 0.3 is 5.97 Å². The number of benzene rings is 1. The summed E-state index contributed by atoms with van der Waals surface area (Å²) in [6.07, 6.45) is 1.86. The van der Waals surface area contributed by atoms with Gasteiger partial charge in [0.2, 0.25) is 0 Å². The first kappa shape index (κ1) is 14.6. The first-order chi connectivity index (χ1) is 9.24. The maximum absolute atomic E-state index is 10.9. The molecule has 0 aliphatic heterocycles. The van der Waals surface area contributed by atoms with Crippen LogP contribution in [0.4, 0.5) is 0 Å². The quantitative estimate of drug-likeness (QED) is 0.910. The van der Waals surface area contributed by atoms with Gasteiger partial charge in [-0.15, -0.1) is 0 Å². The number of carboxylic acid groups (broad SMARTS) is 1. The molecule has 2 aromatic rings. The number of oxazole rings is 1. The first-order valence-electron chi connectivity index (χ1n) is 6.87. The Morgan fingerprint density at radius 2 is 2.10 bits per heavy atom. The van der Waals surface area contributed by atoms with E-state index in [1.165, 1.54) is 6.07 Å². The average molecular weight is 275 g/mol. The van der Waals surface area contributed by atoms with Crippen LogP contribution in [0.15, 0.2) is 22.6 Å². The lowest BCUT2D eigenvalue weighted by molar-refractivity contribution is 0.0697. The van der Waals surface area contributed by atoms with E-state index in [9.17, 15) is 4.79 Å². The van der Waals surface area contributed by atoms with Gasteiger partial charge in [0.25, 0.3) is 0 Å². The van der Waals surface area contributed by atoms with E-state index < -0.39 is 5.97 Å². The number of hydrogen-bond acceptors (Lipinski definition) is 3. The molecule has 0 radical (unpaired) electrons. The molecule has 4 heteroatoms. The van der Waals surface area contributed by atoms with Crippen LogP contribution in [0.1, 0.15) is 50.4 Å². The van der Waals surface area contributed by atoms with Crippen LogP contribution in [-0.4, -0.2) is 16.1 Å². The molecule has 0 aliphatic rings. The summed E-state index contributed by atoms with van der Waals surface area (Å²) >= 11 is 0. The van der Waals surface area contributed by atoms with Gasteiger partial charge in [-0.25, -0.2) is 9.78 Å². The van der Waals surface area contributed by atoms with Crippen LogP contribution < -0.4 is 0 Å². The van der Waals surface area contributed by atoms with Gasteiger partial charge in [-0.2, -0.15) is 0 Å². The van der Waals surface area contributed by atoms with Gasteiger partial charge in [0.15, 0.2) is 11.5 Å². The molecular weight excluding hydrogens is 254 g/mol. The van der Waals surface area contributed by atoms with Crippen molar-refractivity contribution in [1.29, 1.82) is 0 Å². The predicted molar refractivity (Wildman–Crippen MR) is 77.9 cm³/mol. The van der Waals surface area contributed by atoms with Gasteiger partial charge in [-0.1, -0.05) is 27.7 Å². The zero-order chi connectivity index (χ0) is 14.9. The van der Waals surface area contributed by atoms with Crippen LogP contribution in [0.2, 0.25) is 0 Å². The zero-order valence-electron chi connectivity index (χ0n) is 12.4. The minimum absolute atomic E-state index is 0.225. The Kier molecular flexibility index (Phi) is 3.84. The van der Waals surface area contributed by atoms with Crippen molar-refractivity contribution >= 4 is 17.1 Å². The van der Waals surface area contributed by atoms with E-state index in [0.717, 1.165) is 12.8 Å². The highest BCUT2D eigenvalue weighted by molar-refractivity contribution is 5.91. The highest BCUT2D eigenvalue weighted by Crippen LogP contribution is 2.27. The molecule has 1 aromatic heterocycles. The Morgan fingerprint density at radius 1 is 1.40 bits per heavy atom. The Labute approximate surface area is 118 Å². The summed E-state index contributed by atoms with van der Waals surface area (Å²) in [5.74, 6) is 0.201. The minimum Gasteiger partial charge on any atom is -0.478 e. The molecule has 2 rings (SSSR count). The molecule has 1 aromatic carbocycles. The SMILES string of the molecule is CC(Cc1nc2ccc(C(=O)O)cc2o1)CC(C)(C)C. The topological polar surface area (TPSA) is 63.3 Å². The maximum atomic E-state index is 10.9. The lowest BCUT2D eigenvalue weighted by atomic mass is 9.84. The van der Waals surface area contributed by atoms with E-state index in [0.29, 0.717) is 22.9 Å². The summed E-state index contributed by atoms with van der Waals surface area (Å²) < 4.78 is 5.67. The molecule has 0 amide bonds. The average Bonchev–Trinajstić information content (AvgIpc) is 2.66. The Hall–Kier alpha value is -1.84. The molecule has 0 saturated carbocycles. The molecule has 0 bridgehead atoms. The maximum Gasteiger partial charge on any atom is 0.335 e. The molecular formula is C16H21NO3. The first-order valence-corrected chi connectivity index (χ1v) is 6.87. The smallest absolute Gasteiger partial charge is 0.335 e. The number of carbonyl (C=O) groups is 1. The highest BCUT2D eigenvalue weighted by atomic mass is 16.4.